The fraction of sp³-hybridized carbons (Fsp3) is 0.161. The number of nitrogens with zero attached hydrogens (tertiary/aromatic N) is 2. The van der Waals surface area contributed by atoms with Gasteiger partial charge < -0.3 is 10.3 Å². The highest BCUT2D eigenvalue weighted by Crippen LogP contribution is 2.30. The number of fused-ring (bicyclic) bond motifs is 1. The molecule has 0 amide bonds. The second-order valence-corrected chi connectivity index (χ2v) is 9.02. The van der Waals surface area contributed by atoms with Crippen molar-refractivity contribution in [2.24, 2.45) is 0 Å². The molecule has 0 saturated heterocycles. The fourth-order valence-electron chi connectivity index (χ4n) is 4.25. The Morgan fingerprint density at radius 2 is 1.89 bits per heavy atom. The first-order valence-electron chi connectivity index (χ1n) is 12.3. The van der Waals surface area contributed by atoms with Gasteiger partial charge in [0, 0.05) is 28.5 Å². The lowest BCUT2D eigenvalue weighted by Crippen LogP contribution is -2.24. The van der Waals surface area contributed by atoms with Crippen molar-refractivity contribution in [1.29, 1.82) is 0 Å². The van der Waals surface area contributed by atoms with Crippen LogP contribution in [0, 0.1) is 5.82 Å². The van der Waals surface area contributed by atoms with Gasteiger partial charge >= 0.3 is 0 Å². The molecule has 188 valence electrons. The van der Waals surface area contributed by atoms with Crippen molar-refractivity contribution in [3.8, 4) is 22.5 Å². The maximum Gasteiger partial charge on any atom is 0.138 e. The number of aromatic nitrogens is 4. The normalized spacial score (nSPS) is 13.6. The summed E-state index contributed by atoms with van der Waals surface area (Å²) < 4.78 is 13.5. The Morgan fingerprint density at radius 3 is 2.54 bits per heavy atom. The summed E-state index contributed by atoms with van der Waals surface area (Å²) in [5, 5.41) is 13.9. The summed E-state index contributed by atoms with van der Waals surface area (Å²) in [5.74, 6) is -0.264. The van der Waals surface area contributed by atoms with Crippen molar-refractivity contribution in [3.05, 3.63) is 107 Å². The van der Waals surface area contributed by atoms with Crippen LogP contribution in [0.1, 0.15) is 27.7 Å². The van der Waals surface area contributed by atoms with Gasteiger partial charge in [-0.15, -0.1) is 0 Å². The second kappa shape index (κ2) is 11.1. The molecule has 3 N–H and O–H groups in total. The van der Waals surface area contributed by atoms with Crippen LogP contribution in [-0.2, 0) is 0 Å². The average molecular weight is 494 g/mol. The fourth-order valence-corrected chi connectivity index (χ4v) is 4.25. The summed E-state index contributed by atoms with van der Waals surface area (Å²) in [5.41, 5.74) is 6.97. The summed E-state index contributed by atoms with van der Waals surface area (Å²) in [7, 11) is 0. The molecule has 0 radical (unpaired) electrons. The van der Waals surface area contributed by atoms with Gasteiger partial charge in [0.15, 0.2) is 0 Å². The summed E-state index contributed by atoms with van der Waals surface area (Å²) in [4.78, 5) is 7.93. The minimum Gasteiger partial charge on any atom is -0.383 e. The zero-order chi connectivity index (χ0) is 26.5. The monoisotopic (exact) mass is 493 g/mol. The number of allylic oxidation sites excluding steroid dienone is 5. The number of H-pyrrole nitrogens is 2. The summed E-state index contributed by atoms with van der Waals surface area (Å²) >= 11 is 0. The molecule has 3 heterocycles. The highest BCUT2D eigenvalue weighted by molar-refractivity contribution is 5.95. The first-order chi connectivity index (χ1) is 17.8. The van der Waals surface area contributed by atoms with Gasteiger partial charge in [0.2, 0.25) is 0 Å². The Labute approximate surface area is 216 Å². The van der Waals surface area contributed by atoms with Gasteiger partial charge in [0.05, 0.1) is 11.0 Å². The maximum absolute atomic E-state index is 13.5. The van der Waals surface area contributed by atoms with Crippen molar-refractivity contribution in [2.75, 3.05) is 0 Å². The molecule has 37 heavy (non-hydrogen) atoms. The molecule has 0 saturated carbocycles. The van der Waals surface area contributed by atoms with Crippen molar-refractivity contribution in [3.63, 3.8) is 0 Å². The third kappa shape index (κ3) is 5.54. The number of halogens is 1. The van der Waals surface area contributed by atoms with E-state index in [1.54, 1.807) is 18.3 Å². The van der Waals surface area contributed by atoms with E-state index in [0.717, 1.165) is 61.0 Å². The largest absolute Gasteiger partial charge is 0.383 e. The third-order valence-corrected chi connectivity index (χ3v) is 6.05. The van der Waals surface area contributed by atoms with Gasteiger partial charge in [-0.05, 0) is 92.5 Å². The van der Waals surface area contributed by atoms with Gasteiger partial charge in [-0.2, -0.15) is 5.10 Å². The summed E-state index contributed by atoms with van der Waals surface area (Å²) in [6.45, 7) is 16.4. The maximum atomic E-state index is 13.5. The summed E-state index contributed by atoms with van der Waals surface area (Å²) in [6, 6.07) is 10.7. The molecule has 1 aromatic carbocycles. The zero-order valence-corrected chi connectivity index (χ0v) is 21.7. The molecule has 6 heteroatoms. The van der Waals surface area contributed by atoms with Gasteiger partial charge in [-0.25, -0.2) is 9.37 Å². The molecule has 0 fully saturated rings. The van der Waals surface area contributed by atoms with E-state index < -0.39 is 0 Å². The molecular weight excluding hydrogens is 461 g/mol. The standard InChI is InChI=1S/C31H32FN5/c1-7-21(17-24(8-2)34-19(4)5)20(6)16-27-28(9-3)36-37-30(27)29-18-26-25(14-15-33-31(26)35-29)22-10-12-23(32)13-11-22/h7-19,34,36H,2,6H2,1,3-5H3,(H,33,35)/b21-7+,24-17+,27-16+,28-9+. The number of aromatic amines is 2. The number of nitrogens with one attached hydrogen (secondary N) is 3. The highest BCUT2D eigenvalue weighted by atomic mass is 19.1. The quantitative estimate of drug-likeness (QED) is 0.267. The third-order valence-electron chi connectivity index (χ3n) is 6.05. The lowest BCUT2D eigenvalue weighted by molar-refractivity contribution is 0.628. The second-order valence-electron chi connectivity index (χ2n) is 9.02. The predicted molar refractivity (Wildman–Crippen MR) is 152 cm³/mol. The molecule has 0 atom stereocenters. The smallest absolute Gasteiger partial charge is 0.138 e. The number of hydrogen-bond acceptors (Lipinski definition) is 3. The van der Waals surface area contributed by atoms with E-state index >= 15 is 0 Å². The molecular formula is C31H32FN5. The number of pyridine rings is 1. The van der Waals surface area contributed by atoms with Crippen LogP contribution in [0.4, 0.5) is 4.39 Å². The first-order valence-corrected chi connectivity index (χ1v) is 12.3. The van der Waals surface area contributed by atoms with Gasteiger partial charge in [0.25, 0.3) is 0 Å². The van der Waals surface area contributed by atoms with Gasteiger partial charge in [-0.1, -0.05) is 37.4 Å². The topological polar surface area (TPSA) is 69.4 Å². The van der Waals surface area contributed by atoms with Crippen LogP contribution < -0.4 is 15.9 Å². The van der Waals surface area contributed by atoms with Crippen molar-refractivity contribution < 1.29 is 4.39 Å². The number of benzene rings is 1. The molecule has 0 unspecified atom stereocenters. The van der Waals surface area contributed by atoms with Crippen LogP contribution in [0.15, 0.2) is 90.8 Å². The molecule has 4 aromatic rings. The molecule has 0 spiro atoms. The average Bonchev–Trinajstić information content (AvgIpc) is 3.50. The van der Waals surface area contributed by atoms with Crippen LogP contribution in [0.5, 0.6) is 0 Å². The Bertz CT molecular complexity index is 1630. The van der Waals surface area contributed by atoms with E-state index in [1.165, 1.54) is 12.1 Å². The summed E-state index contributed by atoms with van der Waals surface area (Å²) in [6.07, 6.45) is 11.7. The van der Waals surface area contributed by atoms with E-state index in [4.69, 9.17) is 0 Å². The van der Waals surface area contributed by atoms with Gasteiger partial charge in [-0.3, -0.25) is 5.10 Å². The molecule has 0 bridgehead atoms. The lowest BCUT2D eigenvalue weighted by atomic mass is 10.0. The Kier molecular flexibility index (Phi) is 7.68. The number of hydrogen-bond donors (Lipinski definition) is 3. The van der Waals surface area contributed by atoms with Crippen LogP contribution in [0.2, 0.25) is 0 Å². The van der Waals surface area contributed by atoms with E-state index in [9.17, 15) is 4.39 Å². The number of rotatable bonds is 8. The Hall–Kier alpha value is -4.45. The van der Waals surface area contributed by atoms with E-state index in [2.05, 4.69) is 52.5 Å². The van der Waals surface area contributed by atoms with E-state index in [0.29, 0.717) is 0 Å². The zero-order valence-electron chi connectivity index (χ0n) is 21.7. The van der Waals surface area contributed by atoms with Crippen LogP contribution in [0.3, 0.4) is 0 Å². The molecule has 0 aliphatic carbocycles. The Morgan fingerprint density at radius 1 is 1.14 bits per heavy atom. The molecule has 3 aromatic heterocycles. The van der Waals surface area contributed by atoms with Gasteiger partial charge in [0.1, 0.15) is 17.2 Å². The van der Waals surface area contributed by atoms with E-state index in [-0.39, 0.29) is 11.9 Å². The van der Waals surface area contributed by atoms with Crippen molar-refractivity contribution in [2.45, 2.75) is 33.7 Å². The minimum atomic E-state index is -0.264. The SMILES string of the molecule is C=C/C(=C\C(=C/C)C(=C)/C=c1/c(-c2cc3c(-c4ccc(F)cc4)ccnc3[nH]2)n[nH]/c1=C/C)NC(C)C. The van der Waals surface area contributed by atoms with Crippen LogP contribution in [0.25, 0.3) is 45.7 Å². The molecule has 0 aliphatic rings. The first kappa shape index (κ1) is 25.6. The molecule has 4 rings (SSSR count). The van der Waals surface area contributed by atoms with E-state index in [1.807, 2.05) is 56.4 Å². The Balaban J connectivity index is 1.81. The highest BCUT2D eigenvalue weighted by Gasteiger charge is 2.13. The predicted octanol–water partition coefficient (Wildman–Crippen LogP) is 5.91. The van der Waals surface area contributed by atoms with Crippen LogP contribution >= 0.6 is 0 Å². The van der Waals surface area contributed by atoms with Crippen molar-refractivity contribution >= 4 is 23.2 Å². The van der Waals surface area contributed by atoms with Crippen molar-refractivity contribution in [1.82, 2.24) is 25.5 Å². The molecule has 5 nitrogen and oxygen atoms in total. The lowest BCUT2D eigenvalue weighted by Gasteiger charge is -2.12. The van der Waals surface area contributed by atoms with Crippen LogP contribution in [-0.4, -0.2) is 26.2 Å². The molecule has 0 aliphatic heterocycles. The minimum absolute atomic E-state index is 0.264.